The number of rotatable bonds is 7. The van der Waals surface area contributed by atoms with Crippen LogP contribution in [0.2, 0.25) is 0 Å². The molecule has 2 rings (SSSR count). The summed E-state index contributed by atoms with van der Waals surface area (Å²) in [5.41, 5.74) is 1.15. The van der Waals surface area contributed by atoms with Gasteiger partial charge in [0.05, 0.1) is 18.9 Å². The van der Waals surface area contributed by atoms with Crippen molar-refractivity contribution in [1.82, 2.24) is 15.1 Å². The highest BCUT2D eigenvalue weighted by atomic mass is 16.5. The molecule has 0 aliphatic rings. The largest absolute Gasteiger partial charge is 0.482 e. The number of hydrogen-bond acceptors (Lipinski definition) is 4. The molecule has 5 heteroatoms. The van der Waals surface area contributed by atoms with Crippen molar-refractivity contribution in [2.75, 3.05) is 0 Å². The Morgan fingerprint density at radius 2 is 2.25 bits per heavy atom. The van der Waals surface area contributed by atoms with Gasteiger partial charge < -0.3 is 14.5 Å². The molecule has 5 nitrogen and oxygen atoms in total. The first kappa shape index (κ1) is 14.7. The monoisotopic (exact) mass is 277 g/mol. The van der Waals surface area contributed by atoms with Crippen molar-refractivity contribution in [3.63, 3.8) is 0 Å². The molecule has 0 spiro atoms. The SMILES string of the molecule is CCn1cc(OCc2cc(C)c(CNC(C)C)o2)cn1. The van der Waals surface area contributed by atoms with Gasteiger partial charge in [0.25, 0.3) is 0 Å². The summed E-state index contributed by atoms with van der Waals surface area (Å²) >= 11 is 0. The van der Waals surface area contributed by atoms with E-state index in [9.17, 15) is 0 Å². The summed E-state index contributed by atoms with van der Waals surface area (Å²) in [7, 11) is 0. The third-order valence-corrected chi connectivity index (χ3v) is 3.06. The molecule has 0 saturated heterocycles. The van der Waals surface area contributed by atoms with E-state index < -0.39 is 0 Å². The zero-order valence-corrected chi connectivity index (χ0v) is 12.6. The van der Waals surface area contributed by atoms with Crippen molar-refractivity contribution in [3.05, 3.63) is 35.5 Å². The second-order valence-electron chi connectivity index (χ2n) is 5.17. The van der Waals surface area contributed by atoms with E-state index in [4.69, 9.17) is 9.15 Å². The van der Waals surface area contributed by atoms with Crippen LogP contribution in [0.4, 0.5) is 0 Å². The van der Waals surface area contributed by atoms with Crippen LogP contribution in [0.3, 0.4) is 0 Å². The van der Waals surface area contributed by atoms with Crippen LogP contribution in [0.15, 0.2) is 22.9 Å². The van der Waals surface area contributed by atoms with Crippen LogP contribution in [0.1, 0.15) is 37.9 Å². The number of aromatic nitrogens is 2. The van der Waals surface area contributed by atoms with E-state index >= 15 is 0 Å². The Balaban J connectivity index is 1.91. The molecule has 0 unspecified atom stereocenters. The van der Waals surface area contributed by atoms with Gasteiger partial charge in [-0.05, 0) is 25.5 Å². The van der Waals surface area contributed by atoms with Crippen LogP contribution < -0.4 is 10.1 Å². The van der Waals surface area contributed by atoms with E-state index in [0.29, 0.717) is 12.6 Å². The number of furan rings is 1. The van der Waals surface area contributed by atoms with Crippen LogP contribution in [0.5, 0.6) is 5.75 Å². The number of ether oxygens (including phenoxy) is 1. The molecule has 0 aliphatic heterocycles. The maximum Gasteiger partial charge on any atom is 0.157 e. The van der Waals surface area contributed by atoms with Crippen molar-refractivity contribution in [1.29, 1.82) is 0 Å². The van der Waals surface area contributed by atoms with Crippen molar-refractivity contribution < 1.29 is 9.15 Å². The minimum atomic E-state index is 0.428. The molecule has 0 amide bonds. The van der Waals surface area contributed by atoms with E-state index in [1.807, 2.05) is 23.9 Å². The fraction of sp³-hybridized carbons (Fsp3) is 0.533. The third-order valence-electron chi connectivity index (χ3n) is 3.06. The van der Waals surface area contributed by atoms with Crippen molar-refractivity contribution in [2.45, 2.75) is 53.4 Å². The molecular weight excluding hydrogens is 254 g/mol. The summed E-state index contributed by atoms with van der Waals surface area (Å²) in [6.07, 6.45) is 3.61. The first-order valence-electron chi connectivity index (χ1n) is 7.05. The van der Waals surface area contributed by atoms with Gasteiger partial charge in [-0.25, -0.2) is 0 Å². The number of nitrogens with zero attached hydrogens (tertiary/aromatic N) is 2. The molecule has 2 aromatic heterocycles. The molecule has 1 N–H and O–H groups in total. The van der Waals surface area contributed by atoms with Gasteiger partial charge in [0.15, 0.2) is 5.75 Å². The average Bonchev–Trinajstić information content (AvgIpc) is 3.00. The van der Waals surface area contributed by atoms with Gasteiger partial charge >= 0.3 is 0 Å². The van der Waals surface area contributed by atoms with Crippen molar-refractivity contribution in [2.24, 2.45) is 0 Å². The van der Waals surface area contributed by atoms with Gasteiger partial charge in [0.1, 0.15) is 18.1 Å². The molecule has 0 atom stereocenters. The maximum atomic E-state index is 5.80. The quantitative estimate of drug-likeness (QED) is 0.845. The Labute approximate surface area is 119 Å². The molecule has 0 aliphatic carbocycles. The normalized spacial score (nSPS) is 11.2. The third kappa shape index (κ3) is 3.87. The Morgan fingerprint density at radius 1 is 1.45 bits per heavy atom. The zero-order chi connectivity index (χ0) is 14.5. The fourth-order valence-corrected chi connectivity index (χ4v) is 1.88. The summed E-state index contributed by atoms with van der Waals surface area (Å²) in [5, 5.41) is 7.52. The second kappa shape index (κ2) is 6.61. The number of hydrogen-bond donors (Lipinski definition) is 1. The number of nitrogens with one attached hydrogen (secondary N) is 1. The van der Waals surface area contributed by atoms with Gasteiger partial charge in [-0.3, -0.25) is 4.68 Å². The molecule has 0 radical (unpaired) electrons. The molecule has 0 saturated carbocycles. The summed E-state index contributed by atoms with van der Waals surface area (Å²) < 4.78 is 13.3. The van der Waals surface area contributed by atoms with Crippen LogP contribution >= 0.6 is 0 Å². The highest BCUT2D eigenvalue weighted by Crippen LogP contribution is 2.17. The Morgan fingerprint density at radius 3 is 2.90 bits per heavy atom. The Hall–Kier alpha value is -1.75. The lowest BCUT2D eigenvalue weighted by Crippen LogP contribution is -2.21. The lowest BCUT2D eigenvalue weighted by molar-refractivity contribution is 0.264. The van der Waals surface area contributed by atoms with Crippen molar-refractivity contribution in [3.8, 4) is 5.75 Å². The fourth-order valence-electron chi connectivity index (χ4n) is 1.88. The summed E-state index contributed by atoms with van der Waals surface area (Å²) in [5.74, 6) is 2.58. The predicted octanol–water partition coefficient (Wildman–Crippen LogP) is 2.88. The standard InChI is InChI=1S/C15H23N3O2/c1-5-18-9-14(7-17-18)19-10-13-6-12(4)15(20-13)8-16-11(2)3/h6-7,9,11,16H,5,8,10H2,1-4H3. The molecule has 2 heterocycles. The second-order valence-corrected chi connectivity index (χ2v) is 5.17. The minimum Gasteiger partial charge on any atom is -0.482 e. The first-order valence-corrected chi connectivity index (χ1v) is 7.05. The first-order chi connectivity index (χ1) is 9.58. The predicted molar refractivity (Wildman–Crippen MR) is 77.7 cm³/mol. The highest BCUT2D eigenvalue weighted by molar-refractivity contribution is 5.20. The minimum absolute atomic E-state index is 0.428. The van der Waals surface area contributed by atoms with Gasteiger partial charge in [0, 0.05) is 12.6 Å². The van der Waals surface area contributed by atoms with Crippen molar-refractivity contribution >= 4 is 0 Å². The van der Waals surface area contributed by atoms with Crippen LogP contribution in [0, 0.1) is 6.92 Å². The Kier molecular flexibility index (Phi) is 4.84. The van der Waals surface area contributed by atoms with Gasteiger partial charge in [-0.2, -0.15) is 5.10 Å². The van der Waals surface area contributed by atoms with Gasteiger partial charge in [0.2, 0.25) is 0 Å². The van der Waals surface area contributed by atoms with E-state index in [1.165, 1.54) is 0 Å². The molecule has 0 fully saturated rings. The molecule has 110 valence electrons. The van der Waals surface area contributed by atoms with E-state index in [0.717, 1.165) is 35.9 Å². The smallest absolute Gasteiger partial charge is 0.157 e. The topological polar surface area (TPSA) is 52.2 Å². The van der Waals surface area contributed by atoms with E-state index in [1.54, 1.807) is 6.20 Å². The summed E-state index contributed by atoms with van der Waals surface area (Å²) in [6.45, 7) is 10.4. The van der Waals surface area contributed by atoms with E-state index in [2.05, 4.69) is 31.2 Å². The molecule has 20 heavy (non-hydrogen) atoms. The summed E-state index contributed by atoms with van der Waals surface area (Å²) in [6, 6.07) is 2.47. The van der Waals surface area contributed by atoms with Crippen LogP contribution in [0.25, 0.3) is 0 Å². The van der Waals surface area contributed by atoms with Crippen LogP contribution in [-0.2, 0) is 19.7 Å². The lowest BCUT2D eigenvalue weighted by atomic mass is 10.2. The zero-order valence-electron chi connectivity index (χ0n) is 12.6. The highest BCUT2D eigenvalue weighted by Gasteiger charge is 2.09. The van der Waals surface area contributed by atoms with Gasteiger partial charge in [-0.1, -0.05) is 13.8 Å². The van der Waals surface area contributed by atoms with Crippen LogP contribution in [-0.4, -0.2) is 15.8 Å². The molecular formula is C15H23N3O2. The maximum absolute atomic E-state index is 5.80. The lowest BCUT2D eigenvalue weighted by Gasteiger charge is -2.06. The molecule has 0 aromatic carbocycles. The number of aryl methyl sites for hydroxylation is 2. The summed E-state index contributed by atoms with van der Waals surface area (Å²) in [4.78, 5) is 0. The van der Waals surface area contributed by atoms with E-state index in [-0.39, 0.29) is 0 Å². The van der Waals surface area contributed by atoms with Gasteiger partial charge in [-0.15, -0.1) is 0 Å². The molecule has 0 bridgehead atoms. The Bertz CT molecular complexity index is 543. The average molecular weight is 277 g/mol. The molecule has 2 aromatic rings.